The molecule has 0 unspecified atom stereocenters. The zero-order valence-electron chi connectivity index (χ0n) is 16.8. The lowest BCUT2D eigenvalue weighted by Crippen LogP contribution is -2.04. The number of carboxylic acids is 1. The molecule has 1 fully saturated rings. The fraction of sp³-hybridized carbons (Fsp3) is 0.706. The van der Waals surface area contributed by atoms with Gasteiger partial charge in [0.25, 0.3) is 0 Å². The molecule has 0 spiro atoms. The molecule has 12 nitrogen and oxygen atoms in total. The summed E-state index contributed by atoms with van der Waals surface area (Å²) in [6.45, 7) is 0.437. The van der Waals surface area contributed by atoms with Crippen molar-refractivity contribution in [2.45, 2.75) is 39.5 Å². The third-order valence-corrected chi connectivity index (χ3v) is 2.27. The molecule has 0 aliphatic carbocycles. The van der Waals surface area contributed by atoms with E-state index in [1.165, 1.54) is 14.2 Å². The van der Waals surface area contributed by atoms with E-state index < -0.39 is 23.9 Å². The number of carboxylic acid groups (broad SMARTS) is 1. The third kappa shape index (κ3) is 37.0. The van der Waals surface area contributed by atoms with Gasteiger partial charge in [-0.05, 0) is 0 Å². The Hall–Kier alpha value is -2.57. The summed E-state index contributed by atoms with van der Waals surface area (Å²) in [7, 11) is 6.13. The number of carbonyl (C=O) groups is 5. The third-order valence-electron chi connectivity index (χ3n) is 2.27. The van der Waals surface area contributed by atoms with Crippen molar-refractivity contribution in [2.75, 3.05) is 42.2 Å². The van der Waals surface area contributed by atoms with Crippen molar-refractivity contribution in [1.82, 2.24) is 0 Å². The Morgan fingerprint density at radius 1 is 0.828 bits per heavy atom. The Morgan fingerprint density at radius 2 is 1.21 bits per heavy atom. The van der Waals surface area contributed by atoms with Crippen LogP contribution in [0.4, 0.5) is 0 Å². The summed E-state index contributed by atoms with van der Waals surface area (Å²) in [6, 6.07) is 0. The van der Waals surface area contributed by atoms with Crippen molar-refractivity contribution in [3.8, 4) is 0 Å². The lowest BCUT2D eigenvalue weighted by Gasteiger charge is -1.94. The van der Waals surface area contributed by atoms with Gasteiger partial charge in [0.05, 0.1) is 52.9 Å². The van der Waals surface area contributed by atoms with Gasteiger partial charge in [0.15, 0.2) is 0 Å². The number of methoxy groups -OCH3 is 3. The van der Waals surface area contributed by atoms with Gasteiger partial charge in [-0.25, -0.2) is 0 Å². The van der Waals surface area contributed by atoms with Gasteiger partial charge >= 0.3 is 29.8 Å². The topological polar surface area (TPSA) is 183 Å². The van der Waals surface area contributed by atoms with Crippen molar-refractivity contribution >= 4 is 29.8 Å². The number of hydrogen-bond acceptors (Lipinski definition) is 11. The molecule has 3 N–H and O–H groups in total. The number of carbonyl (C=O) groups excluding carboxylic acids is 4. The average Bonchev–Trinajstić information content (AvgIpc) is 3.10. The number of esters is 4. The van der Waals surface area contributed by atoms with Crippen LogP contribution in [0.15, 0.2) is 0 Å². The molecule has 0 bridgehead atoms. The summed E-state index contributed by atoms with van der Waals surface area (Å²) in [5.41, 5.74) is 0. The molecular formula is C17H34O12. The van der Waals surface area contributed by atoms with Crippen LogP contribution in [-0.4, -0.2) is 87.3 Å². The van der Waals surface area contributed by atoms with Crippen molar-refractivity contribution < 1.29 is 58.2 Å². The minimum atomic E-state index is -0.986. The Bertz CT molecular complexity index is 420. The molecule has 1 heterocycles. The van der Waals surface area contributed by atoms with E-state index in [1.54, 1.807) is 7.11 Å². The predicted octanol–water partition coefficient (Wildman–Crippen LogP) is -0.0768. The van der Waals surface area contributed by atoms with E-state index >= 15 is 0 Å². The van der Waals surface area contributed by atoms with Gasteiger partial charge in [-0.3, -0.25) is 24.0 Å². The number of aliphatic hydroxyl groups excluding tert-OH is 2. The monoisotopic (exact) mass is 430 g/mol. The maximum atomic E-state index is 10.3. The van der Waals surface area contributed by atoms with E-state index in [0.717, 1.165) is 14.2 Å². The molecule has 174 valence electrons. The molecule has 0 saturated carbocycles. The summed E-state index contributed by atoms with van der Waals surface area (Å²) in [5.74, 6) is -2.50. The Labute approximate surface area is 170 Å². The van der Waals surface area contributed by atoms with Crippen LogP contribution in [0.25, 0.3) is 0 Å². The van der Waals surface area contributed by atoms with Crippen molar-refractivity contribution in [3.63, 3.8) is 0 Å². The maximum absolute atomic E-state index is 10.3. The molecule has 12 heteroatoms. The Kier molecular flexibility index (Phi) is 38.7. The largest absolute Gasteiger partial charge is 0.481 e. The SMILES string of the molecule is C.CO.CO.COC(=O)CCC(=O)O.COCCC(=O)OC.O=C1CCC(=O)O1. The van der Waals surface area contributed by atoms with Crippen molar-refractivity contribution in [3.05, 3.63) is 0 Å². The van der Waals surface area contributed by atoms with Crippen LogP contribution in [0.3, 0.4) is 0 Å². The van der Waals surface area contributed by atoms with Gasteiger partial charge in [-0.1, -0.05) is 7.43 Å². The second kappa shape index (κ2) is 30.2. The fourth-order valence-corrected chi connectivity index (χ4v) is 1.03. The highest BCUT2D eigenvalue weighted by Crippen LogP contribution is 2.03. The highest BCUT2D eigenvalue weighted by atomic mass is 16.6. The Balaban J connectivity index is -0.0000000900. The van der Waals surface area contributed by atoms with Crippen LogP contribution >= 0.6 is 0 Å². The zero-order valence-corrected chi connectivity index (χ0v) is 16.8. The molecule has 0 aromatic heterocycles. The summed E-state index contributed by atoms with van der Waals surface area (Å²) in [6.07, 6.45) is 0.656. The lowest BCUT2D eigenvalue weighted by atomic mass is 10.3. The molecular weight excluding hydrogens is 396 g/mol. The molecule has 1 aliphatic rings. The number of aliphatic carboxylic acids is 1. The number of hydrogen-bond donors (Lipinski definition) is 3. The molecule has 29 heavy (non-hydrogen) atoms. The zero-order chi connectivity index (χ0) is 23.0. The molecule has 0 radical (unpaired) electrons. The van der Waals surface area contributed by atoms with E-state index in [4.69, 9.17) is 15.3 Å². The summed E-state index contributed by atoms with van der Waals surface area (Å²) in [5, 5.41) is 22.1. The molecule has 0 aromatic carbocycles. The van der Waals surface area contributed by atoms with Crippen LogP contribution in [-0.2, 0) is 42.9 Å². The van der Waals surface area contributed by atoms with Crippen LogP contribution in [0.2, 0.25) is 0 Å². The highest BCUT2D eigenvalue weighted by Gasteiger charge is 2.19. The standard InChI is InChI=1S/C5H8O4.C5H10O3.C4H4O3.2CH4O.CH4/c1-9-5(8)3-2-4(6)7;1-7-4-3-5(6)8-2;5-3-1-2-4(6)7-3;2*1-2;/h2-3H2,1H3,(H,6,7);3-4H2,1-2H3;1-2H2;2*2H,1H3;1H4. The van der Waals surface area contributed by atoms with Crippen LogP contribution in [0, 0.1) is 0 Å². The maximum Gasteiger partial charge on any atom is 0.314 e. The van der Waals surface area contributed by atoms with Gasteiger partial charge < -0.3 is 34.3 Å². The fourth-order valence-electron chi connectivity index (χ4n) is 1.03. The quantitative estimate of drug-likeness (QED) is 0.290. The van der Waals surface area contributed by atoms with Gasteiger partial charge in [0.2, 0.25) is 0 Å². The first-order valence-corrected chi connectivity index (χ1v) is 7.74. The normalized spacial score (nSPS) is 10.3. The van der Waals surface area contributed by atoms with Crippen molar-refractivity contribution in [2.24, 2.45) is 0 Å². The lowest BCUT2D eigenvalue weighted by molar-refractivity contribution is -0.152. The first-order valence-electron chi connectivity index (χ1n) is 7.74. The van der Waals surface area contributed by atoms with Gasteiger partial charge in [-0.2, -0.15) is 0 Å². The first-order chi connectivity index (χ1) is 13.3. The van der Waals surface area contributed by atoms with E-state index in [9.17, 15) is 24.0 Å². The average molecular weight is 430 g/mol. The number of aliphatic hydroxyl groups is 2. The number of rotatable bonds is 6. The van der Waals surface area contributed by atoms with Crippen molar-refractivity contribution in [1.29, 1.82) is 0 Å². The number of ether oxygens (including phenoxy) is 4. The van der Waals surface area contributed by atoms with Crippen LogP contribution in [0.5, 0.6) is 0 Å². The van der Waals surface area contributed by atoms with Crippen LogP contribution < -0.4 is 0 Å². The predicted molar refractivity (Wildman–Crippen MR) is 101 cm³/mol. The summed E-state index contributed by atoms with van der Waals surface area (Å²) >= 11 is 0. The van der Waals surface area contributed by atoms with Gasteiger partial charge in [-0.15, -0.1) is 0 Å². The van der Waals surface area contributed by atoms with E-state index in [-0.39, 0.29) is 39.1 Å². The smallest absolute Gasteiger partial charge is 0.314 e. The van der Waals surface area contributed by atoms with E-state index in [0.29, 0.717) is 13.0 Å². The van der Waals surface area contributed by atoms with E-state index in [1.807, 2.05) is 0 Å². The molecule has 1 saturated heterocycles. The highest BCUT2D eigenvalue weighted by molar-refractivity contribution is 5.92. The second-order valence-corrected chi connectivity index (χ2v) is 4.13. The first kappa shape index (κ1) is 37.2. The summed E-state index contributed by atoms with van der Waals surface area (Å²) in [4.78, 5) is 50.3. The molecule has 1 aliphatic heterocycles. The minimum Gasteiger partial charge on any atom is -0.481 e. The Morgan fingerprint density at radius 3 is 1.45 bits per heavy atom. The van der Waals surface area contributed by atoms with Gasteiger partial charge in [0, 0.05) is 21.3 Å². The molecule has 1 rings (SSSR count). The molecule has 0 aromatic rings. The summed E-state index contributed by atoms with van der Waals surface area (Å²) < 4.78 is 17.2. The second-order valence-electron chi connectivity index (χ2n) is 4.13. The van der Waals surface area contributed by atoms with Crippen LogP contribution in [0.1, 0.15) is 39.5 Å². The number of cyclic esters (lactones) is 2. The van der Waals surface area contributed by atoms with Gasteiger partial charge in [0.1, 0.15) is 0 Å². The molecule has 0 atom stereocenters. The van der Waals surface area contributed by atoms with E-state index in [2.05, 4.69) is 18.9 Å². The minimum absolute atomic E-state index is 0. The molecule has 0 amide bonds.